The minimum Gasteiger partial charge on any atom is -0.461 e. The van der Waals surface area contributed by atoms with Crippen molar-refractivity contribution in [2.45, 2.75) is 18.8 Å². The highest BCUT2D eigenvalue weighted by molar-refractivity contribution is 7.10. The Morgan fingerprint density at radius 2 is 2.12 bits per heavy atom. The number of hydrogen-bond acceptors (Lipinski definition) is 4. The molecule has 0 saturated carbocycles. The number of aromatic amines is 1. The molecule has 1 aliphatic rings. The van der Waals surface area contributed by atoms with E-state index in [2.05, 4.69) is 58.1 Å². The van der Waals surface area contributed by atoms with Crippen LogP contribution in [0.5, 0.6) is 0 Å². The van der Waals surface area contributed by atoms with Crippen LogP contribution in [-0.2, 0) is 16.6 Å². The van der Waals surface area contributed by atoms with Crippen LogP contribution in [0.1, 0.15) is 39.1 Å². The number of nitrogens with one attached hydrogen (secondary N) is 1. The number of carbonyl (C=O) groups is 1. The van der Waals surface area contributed by atoms with Gasteiger partial charge in [0.25, 0.3) is 0 Å². The lowest BCUT2D eigenvalue weighted by Gasteiger charge is -2.33. The van der Waals surface area contributed by atoms with Crippen LogP contribution in [0.25, 0.3) is 6.08 Å². The SMILES string of the molecule is CCOC(=O)c1n[nH]c2c1C=CC(c1ccccc1)(c1cccs1)C2. The Labute approximate surface area is 150 Å². The number of ether oxygens (including phenoxy) is 1. The van der Waals surface area contributed by atoms with Gasteiger partial charge in [0.1, 0.15) is 0 Å². The van der Waals surface area contributed by atoms with E-state index in [0.29, 0.717) is 12.3 Å². The molecule has 1 N–H and O–H groups in total. The van der Waals surface area contributed by atoms with Crippen LogP contribution in [0, 0.1) is 0 Å². The minimum absolute atomic E-state index is 0.249. The number of esters is 1. The van der Waals surface area contributed by atoms with Crippen LogP contribution in [-0.4, -0.2) is 22.8 Å². The molecule has 1 aromatic carbocycles. The largest absolute Gasteiger partial charge is 0.461 e. The second-order valence-electron chi connectivity index (χ2n) is 6.01. The van der Waals surface area contributed by atoms with Crippen molar-refractivity contribution in [3.63, 3.8) is 0 Å². The fourth-order valence-electron chi connectivity index (χ4n) is 3.40. The van der Waals surface area contributed by atoms with Crippen molar-refractivity contribution < 1.29 is 9.53 Å². The first kappa shape index (κ1) is 15.8. The highest BCUT2D eigenvalue weighted by Gasteiger charge is 2.38. The summed E-state index contributed by atoms with van der Waals surface area (Å²) in [7, 11) is 0. The van der Waals surface area contributed by atoms with Gasteiger partial charge in [-0.15, -0.1) is 11.3 Å². The summed E-state index contributed by atoms with van der Waals surface area (Å²) in [5, 5.41) is 9.36. The van der Waals surface area contributed by atoms with Gasteiger partial charge in [0.05, 0.1) is 12.0 Å². The van der Waals surface area contributed by atoms with E-state index in [4.69, 9.17) is 4.74 Å². The van der Waals surface area contributed by atoms with Crippen molar-refractivity contribution in [2.24, 2.45) is 0 Å². The van der Waals surface area contributed by atoms with Crippen molar-refractivity contribution in [3.8, 4) is 0 Å². The Kier molecular flexibility index (Phi) is 4.01. The lowest BCUT2D eigenvalue weighted by molar-refractivity contribution is 0.0519. The summed E-state index contributed by atoms with van der Waals surface area (Å²) in [6.45, 7) is 2.14. The normalized spacial score (nSPS) is 18.8. The van der Waals surface area contributed by atoms with Crippen molar-refractivity contribution in [1.82, 2.24) is 10.2 Å². The lowest BCUT2D eigenvalue weighted by Crippen LogP contribution is -2.29. The smallest absolute Gasteiger partial charge is 0.359 e. The summed E-state index contributed by atoms with van der Waals surface area (Å²) in [4.78, 5) is 13.4. The lowest BCUT2D eigenvalue weighted by atomic mass is 9.72. The highest BCUT2D eigenvalue weighted by atomic mass is 32.1. The van der Waals surface area contributed by atoms with E-state index in [0.717, 1.165) is 17.7 Å². The Morgan fingerprint density at radius 1 is 1.28 bits per heavy atom. The Morgan fingerprint density at radius 3 is 2.84 bits per heavy atom. The van der Waals surface area contributed by atoms with Crippen LogP contribution in [0.4, 0.5) is 0 Å². The first-order valence-electron chi connectivity index (χ1n) is 8.27. The Balaban J connectivity index is 1.81. The van der Waals surface area contributed by atoms with Crippen LogP contribution in [0.15, 0.2) is 53.9 Å². The van der Waals surface area contributed by atoms with E-state index in [1.54, 1.807) is 18.3 Å². The number of allylic oxidation sites excluding steroid dienone is 1. The molecular weight excluding hydrogens is 332 g/mol. The van der Waals surface area contributed by atoms with Crippen molar-refractivity contribution in [1.29, 1.82) is 0 Å². The summed E-state index contributed by atoms with van der Waals surface area (Å²) in [5.41, 5.74) is 3.14. The molecule has 0 amide bonds. The Bertz CT molecular complexity index is 913. The van der Waals surface area contributed by atoms with E-state index in [1.807, 2.05) is 12.1 Å². The van der Waals surface area contributed by atoms with E-state index in [-0.39, 0.29) is 11.4 Å². The van der Waals surface area contributed by atoms with E-state index in [9.17, 15) is 4.79 Å². The molecule has 5 heteroatoms. The first-order valence-corrected chi connectivity index (χ1v) is 9.15. The third kappa shape index (κ3) is 2.61. The number of rotatable bonds is 4. The second-order valence-corrected chi connectivity index (χ2v) is 6.96. The van der Waals surface area contributed by atoms with Crippen molar-refractivity contribution in [3.05, 3.63) is 81.3 Å². The molecule has 4 nitrogen and oxygen atoms in total. The molecule has 0 bridgehead atoms. The molecule has 25 heavy (non-hydrogen) atoms. The topological polar surface area (TPSA) is 55.0 Å². The van der Waals surface area contributed by atoms with E-state index >= 15 is 0 Å². The van der Waals surface area contributed by atoms with Gasteiger partial charge in [0.2, 0.25) is 0 Å². The summed E-state index contributed by atoms with van der Waals surface area (Å²) >= 11 is 1.74. The molecule has 1 unspecified atom stereocenters. The molecule has 0 spiro atoms. The summed E-state index contributed by atoms with van der Waals surface area (Å²) < 4.78 is 5.11. The molecule has 2 aromatic heterocycles. The van der Waals surface area contributed by atoms with Gasteiger partial charge in [-0.3, -0.25) is 5.10 Å². The van der Waals surface area contributed by atoms with Gasteiger partial charge >= 0.3 is 5.97 Å². The number of aromatic nitrogens is 2. The molecule has 0 aliphatic heterocycles. The fourth-order valence-corrected chi connectivity index (χ4v) is 4.33. The van der Waals surface area contributed by atoms with Gasteiger partial charge in [-0.05, 0) is 23.9 Å². The third-order valence-corrected chi connectivity index (χ3v) is 5.64. The van der Waals surface area contributed by atoms with Crippen molar-refractivity contribution in [2.75, 3.05) is 6.61 Å². The van der Waals surface area contributed by atoms with E-state index in [1.165, 1.54) is 10.4 Å². The number of H-pyrrole nitrogens is 1. The summed E-state index contributed by atoms with van der Waals surface area (Å²) in [6, 6.07) is 14.7. The first-order chi connectivity index (χ1) is 12.2. The van der Waals surface area contributed by atoms with Crippen LogP contribution in [0.3, 0.4) is 0 Å². The van der Waals surface area contributed by atoms with Crippen LogP contribution < -0.4 is 0 Å². The average Bonchev–Trinajstić information content (AvgIpc) is 3.32. The number of benzene rings is 1. The molecule has 2 heterocycles. The maximum absolute atomic E-state index is 12.1. The summed E-state index contributed by atoms with van der Waals surface area (Å²) in [6.07, 6.45) is 4.92. The highest BCUT2D eigenvalue weighted by Crippen LogP contribution is 2.43. The quantitative estimate of drug-likeness (QED) is 0.717. The minimum atomic E-state index is -0.381. The number of nitrogens with zero attached hydrogens (tertiary/aromatic N) is 1. The van der Waals surface area contributed by atoms with E-state index < -0.39 is 0 Å². The predicted octanol–water partition coefficient (Wildman–Crippen LogP) is 4.20. The molecular formula is C20H18N2O2S. The zero-order valence-corrected chi connectivity index (χ0v) is 14.7. The summed E-state index contributed by atoms with van der Waals surface area (Å²) in [5.74, 6) is -0.381. The number of hydrogen-bond donors (Lipinski definition) is 1. The fraction of sp³-hybridized carbons (Fsp3) is 0.200. The molecule has 0 saturated heterocycles. The zero-order chi connectivity index (χ0) is 17.3. The molecule has 4 rings (SSSR count). The number of carbonyl (C=O) groups excluding carboxylic acids is 1. The van der Waals surface area contributed by atoms with Gasteiger partial charge in [-0.1, -0.05) is 48.6 Å². The molecule has 1 aliphatic carbocycles. The van der Waals surface area contributed by atoms with Crippen molar-refractivity contribution >= 4 is 23.4 Å². The number of thiophene rings is 1. The average molecular weight is 350 g/mol. The van der Waals surface area contributed by atoms with Gasteiger partial charge in [0, 0.05) is 22.6 Å². The predicted molar refractivity (Wildman–Crippen MR) is 98.8 cm³/mol. The zero-order valence-electron chi connectivity index (χ0n) is 13.9. The van der Waals surface area contributed by atoms with Gasteiger partial charge < -0.3 is 4.74 Å². The molecule has 0 radical (unpaired) electrons. The standard InChI is InChI=1S/C20H18N2O2S/c1-2-24-19(23)18-15-10-11-20(13-16(15)21-22-18,17-9-6-12-25-17)14-7-4-3-5-8-14/h3-12H,2,13H2,1H3,(H,21,22). The molecule has 126 valence electrons. The second kappa shape index (κ2) is 6.33. The van der Waals surface area contributed by atoms with Crippen LogP contribution >= 0.6 is 11.3 Å². The maximum Gasteiger partial charge on any atom is 0.359 e. The third-order valence-electron chi connectivity index (χ3n) is 4.59. The molecule has 3 aromatic rings. The number of fused-ring (bicyclic) bond motifs is 1. The maximum atomic E-state index is 12.1. The van der Waals surface area contributed by atoms with Gasteiger partial charge in [0.15, 0.2) is 5.69 Å². The molecule has 1 atom stereocenters. The van der Waals surface area contributed by atoms with Crippen LogP contribution in [0.2, 0.25) is 0 Å². The monoisotopic (exact) mass is 350 g/mol. The van der Waals surface area contributed by atoms with Gasteiger partial charge in [-0.25, -0.2) is 4.79 Å². The Hall–Kier alpha value is -2.66. The van der Waals surface area contributed by atoms with Gasteiger partial charge in [-0.2, -0.15) is 5.10 Å². The molecule has 0 fully saturated rings.